The zero-order valence-corrected chi connectivity index (χ0v) is 17.7. The second kappa shape index (κ2) is 9.39. The van der Waals surface area contributed by atoms with E-state index in [1.54, 1.807) is 6.92 Å². The summed E-state index contributed by atoms with van der Waals surface area (Å²) in [6, 6.07) is 0.332. The number of hydrogen-bond donors (Lipinski definition) is 2. The van der Waals surface area contributed by atoms with Crippen molar-refractivity contribution in [3.63, 3.8) is 0 Å². The van der Waals surface area contributed by atoms with Crippen molar-refractivity contribution >= 4 is 11.9 Å². The minimum atomic E-state index is 0.184. The molecule has 0 radical (unpaired) electrons. The Balaban J connectivity index is 1.56. The molecule has 1 aromatic rings. The average molecular weight is 390 g/mol. The Morgan fingerprint density at radius 2 is 2.00 bits per heavy atom. The highest BCUT2D eigenvalue weighted by Gasteiger charge is 2.25. The number of piperidine rings is 1. The Kier molecular flexibility index (Phi) is 6.91. The highest BCUT2D eigenvalue weighted by molar-refractivity contribution is 5.80. The van der Waals surface area contributed by atoms with Gasteiger partial charge in [0, 0.05) is 58.0 Å². The van der Waals surface area contributed by atoms with Crippen molar-refractivity contribution in [2.24, 2.45) is 10.9 Å². The number of hydrogen-bond acceptors (Lipinski definition) is 4. The third-order valence-electron chi connectivity index (χ3n) is 5.74. The quantitative estimate of drug-likeness (QED) is 0.589. The van der Waals surface area contributed by atoms with E-state index in [9.17, 15) is 4.79 Å². The number of fused-ring (bicyclic) bond motifs is 1. The van der Waals surface area contributed by atoms with E-state index in [4.69, 9.17) is 4.99 Å². The summed E-state index contributed by atoms with van der Waals surface area (Å²) in [5.41, 5.74) is 0. The van der Waals surface area contributed by atoms with E-state index in [0.29, 0.717) is 17.9 Å². The maximum absolute atomic E-state index is 11.5. The maximum Gasteiger partial charge on any atom is 0.219 e. The van der Waals surface area contributed by atoms with Crippen LogP contribution in [0.5, 0.6) is 0 Å². The Morgan fingerprint density at radius 3 is 2.64 bits per heavy atom. The van der Waals surface area contributed by atoms with Crippen LogP contribution < -0.4 is 10.6 Å². The van der Waals surface area contributed by atoms with Crippen LogP contribution in [0.4, 0.5) is 0 Å². The van der Waals surface area contributed by atoms with E-state index in [-0.39, 0.29) is 5.91 Å². The number of guanidine groups is 1. The first kappa shape index (κ1) is 20.6. The predicted octanol–water partition coefficient (Wildman–Crippen LogP) is 1.53. The van der Waals surface area contributed by atoms with Crippen LogP contribution in [0.25, 0.3) is 0 Å². The fraction of sp³-hybridized carbons (Fsp3) is 0.800. The molecule has 0 bridgehead atoms. The molecule has 156 valence electrons. The lowest BCUT2D eigenvalue weighted by atomic mass is 9.97. The van der Waals surface area contributed by atoms with Gasteiger partial charge in [0.25, 0.3) is 0 Å². The number of aromatic nitrogens is 3. The van der Waals surface area contributed by atoms with Gasteiger partial charge >= 0.3 is 0 Å². The van der Waals surface area contributed by atoms with Gasteiger partial charge in [0.1, 0.15) is 11.6 Å². The minimum Gasteiger partial charge on any atom is -0.357 e. The van der Waals surface area contributed by atoms with Gasteiger partial charge in [0.2, 0.25) is 5.91 Å². The number of amides is 1. The molecule has 8 heteroatoms. The Hall–Kier alpha value is -2.12. The number of nitrogens with zero attached hydrogens (tertiary/aromatic N) is 5. The zero-order chi connectivity index (χ0) is 20.1. The van der Waals surface area contributed by atoms with E-state index in [1.807, 2.05) is 4.90 Å². The molecular formula is C20H35N7O. The zero-order valence-electron chi connectivity index (χ0n) is 17.7. The first-order valence-corrected chi connectivity index (χ1v) is 10.7. The highest BCUT2D eigenvalue weighted by Crippen LogP contribution is 2.20. The van der Waals surface area contributed by atoms with Crippen LogP contribution in [0.3, 0.4) is 0 Å². The summed E-state index contributed by atoms with van der Waals surface area (Å²) in [6.07, 6.45) is 4.05. The fourth-order valence-electron chi connectivity index (χ4n) is 4.06. The Morgan fingerprint density at radius 1 is 1.25 bits per heavy atom. The molecule has 3 heterocycles. The molecule has 0 saturated carbocycles. The first-order valence-electron chi connectivity index (χ1n) is 10.7. The number of nitrogens with one attached hydrogen (secondary N) is 2. The molecule has 1 atom stereocenters. The lowest BCUT2D eigenvalue weighted by Crippen LogP contribution is -2.47. The normalized spacial score (nSPS) is 21.0. The second-order valence-electron chi connectivity index (χ2n) is 8.29. The summed E-state index contributed by atoms with van der Waals surface area (Å²) >= 11 is 0. The molecule has 2 aliphatic heterocycles. The first-order chi connectivity index (χ1) is 13.5. The Bertz CT molecular complexity index is 689. The van der Waals surface area contributed by atoms with Crippen molar-refractivity contribution in [1.82, 2.24) is 30.3 Å². The molecule has 1 unspecified atom stereocenters. The van der Waals surface area contributed by atoms with Crippen LogP contribution >= 0.6 is 0 Å². The van der Waals surface area contributed by atoms with E-state index >= 15 is 0 Å². The van der Waals surface area contributed by atoms with Crippen LogP contribution in [0.15, 0.2) is 4.99 Å². The number of carbonyl (C=O) groups excluding carboxylic acids is 1. The van der Waals surface area contributed by atoms with Gasteiger partial charge in [-0.15, -0.1) is 10.2 Å². The predicted molar refractivity (Wildman–Crippen MR) is 110 cm³/mol. The van der Waals surface area contributed by atoms with Crippen LogP contribution in [0, 0.1) is 5.92 Å². The van der Waals surface area contributed by atoms with E-state index < -0.39 is 0 Å². The SMILES string of the molecule is CCNC(=NCC1CCN(C(C)=O)CC1)NC1CCc2nnc(C(C)C)n2C1. The van der Waals surface area contributed by atoms with Crippen molar-refractivity contribution in [2.75, 3.05) is 26.2 Å². The van der Waals surface area contributed by atoms with Gasteiger partial charge in [-0.25, -0.2) is 0 Å². The van der Waals surface area contributed by atoms with Gasteiger partial charge in [0.05, 0.1) is 0 Å². The van der Waals surface area contributed by atoms with Crippen molar-refractivity contribution in [1.29, 1.82) is 0 Å². The third kappa shape index (κ3) is 5.02. The number of rotatable bonds is 5. The second-order valence-corrected chi connectivity index (χ2v) is 8.29. The minimum absolute atomic E-state index is 0.184. The van der Waals surface area contributed by atoms with Crippen LogP contribution in [0.1, 0.15) is 64.5 Å². The topological polar surface area (TPSA) is 87.4 Å². The molecule has 0 spiro atoms. The number of likely N-dealkylation sites (tertiary alicyclic amines) is 1. The number of aliphatic imine (C=N–C) groups is 1. The summed E-state index contributed by atoms with van der Waals surface area (Å²) in [5.74, 6) is 4.17. The van der Waals surface area contributed by atoms with E-state index in [1.165, 1.54) is 0 Å². The van der Waals surface area contributed by atoms with Crippen LogP contribution in [-0.4, -0.2) is 63.8 Å². The average Bonchev–Trinajstić information content (AvgIpc) is 3.10. The van der Waals surface area contributed by atoms with Gasteiger partial charge in [-0.2, -0.15) is 0 Å². The van der Waals surface area contributed by atoms with Gasteiger partial charge < -0.3 is 20.1 Å². The van der Waals surface area contributed by atoms with Crippen LogP contribution in [-0.2, 0) is 17.8 Å². The molecular weight excluding hydrogens is 354 g/mol. The largest absolute Gasteiger partial charge is 0.357 e. The molecule has 1 saturated heterocycles. The standard InChI is InChI=1S/C20H35N7O/c1-5-21-20(22-12-16-8-10-26(11-9-16)15(4)28)23-17-6-7-18-24-25-19(14(2)3)27(18)13-17/h14,16-17H,5-13H2,1-4H3,(H2,21,22,23). The van der Waals surface area contributed by atoms with Gasteiger partial charge in [0.15, 0.2) is 5.96 Å². The molecule has 28 heavy (non-hydrogen) atoms. The molecule has 2 N–H and O–H groups in total. The van der Waals surface area contributed by atoms with Crippen molar-refractivity contribution in [3.05, 3.63) is 11.6 Å². The van der Waals surface area contributed by atoms with Gasteiger partial charge in [-0.05, 0) is 32.1 Å². The highest BCUT2D eigenvalue weighted by atomic mass is 16.2. The number of aryl methyl sites for hydroxylation is 1. The summed E-state index contributed by atoms with van der Waals surface area (Å²) in [4.78, 5) is 18.3. The van der Waals surface area contributed by atoms with E-state index in [0.717, 1.165) is 76.0 Å². The molecule has 0 aromatic carbocycles. The van der Waals surface area contributed by atoms with Gasteiger partial charge in [-0.1, -0.05) is 13.8 Å². The van der Waals surface area contributed by atoms with Crippen molar-refractivity contribution < 1.29 is 4.79 Å². The monoisotopic (exact) mass is 389 g/mol. The molecule has 2 aliphatic rings. The number of carbonyl (C=O) groups is 1. The molecule has 0 aliphatic carbocycles. The van der Waals surface area contributed by atoms with Crippen LogP contribution in [0.2, 0.25) is 0 Å². The molecule has 1 fully saturated rings. The molecule has 8 nitrogen and oxygen atoms in total. The fourth-order valence-corrected chi connectivity index (χ4v) is 4.06. The summed E-state index contributed by atoms with van der Waals surface area (Å²) < 4.78 is 2.27. The molecule has 3 rings (SSSR count). The summed E-state index contributed by atoms with van der Waals surface area (Å²) in [7, 11) is 0. The van der Waals surface area contributed by atoms with Crippen molar-refractivity contribution in [3.8, 4) is 0 Å². The Labute approximate surface area is 168 Å². The van der Waals surface area contributed by atoms with Gasteiger partial charge in [-0.3, -0.25) is 9.79 Å². The summed E-state index contributed by atoms with van der Waals surface area (Å²) in [6.45, 7) is 12.3. The maximum atomic E-state index is 11.5. The lowest BCUT2D eigenvalue weighted by Gasteiger charge is -2.31. The summed E-state index contributed by atoms with van der Waals surface area (Å²) in [5, 5.41) is 15.7. The smallest absolute Gasteiger partial charge is 0.219 e. The molecule has 1 aromatic heterocycles. The molecule has 1 amide bonds. The third-order valence-corrected chi connectivity index (χ3v) is 5.74. The van der Waals surface area contributed by atoms with Crippen molar-refractivity contribution in [2.45, 2.75) is 71.9 Å². The van der Waals surface area contributed by atoms with E-state index in [2.05, 4.69) is 46.2 Å². The lowest BCUT2D eigenvalue weighted by molar-refractivity contribution is -0.130.